The number of hydrogen-bond acceptors (Lipinski definition) is 5. The first-order valence-electron chi connectivity index (χ1n) is 10.8. The highest BCUT2D eigenvalue weighted by Gasteiger charge is 2.17. The van der Waals surface area contributed by atoms with Crippen LogP contribution in [0.25, 0.3) is 22.3 Å². The summed E-state index contributed by atoms with van der Waals surface area (Å²) in [6, 6.07) is 20.1. The smallest absolute Gasteiger partial charge is 0.225 e. The lowest BCUT2D eigenvalue weighted by Crippen LogP contribution is -2.18. The quantitative estimate of drug-likeness (QED) is 0.421. The van der Waals surface area contributed by atoms with E-state index in [-0.39, 0.29) is 23.0 Å². The molecule has 4 aromatic rings. The van der Waals surface area contributed by atoms with Gasteiger partial charge in [-0.05, 0) is 49.2 Å². The number of amides is 1. The normalized spacial score (nSPS) is 11.5. The standard InChI is InChI=1S/C26H25N3O3S/c1-3-19-10-11-20(25-17-27-22-6-4-5-7-23(22)28-25)16-24(19)29-26(30)14-15-33(31,32)21-12-8-18(2)9-13-21/h4-13,16-17H,3,14-15H2,1-2H3,(H,29,30). The molecular weight excluding hydrogens is 434 g/mol. The average Bonchev–Trinajstić information content (AvgIpc) is 2.83. The number of nitrogens with zero attached hydrogens (tertiary/aromatic N) is 2. The number of nitrogens with one attached hydrogen (secondary N) is 1. The fourth-order valence-corrected chi connectivity index (χ4v) is 4.80. The second-order valence-electron chi connectivity index (χ2n) is 7.90. The minimum atomic E-state index is -3.53. The Bertz CT molecular complexity index is 1410. The maximum Gasteiger partial charge on any atom is 0.225 e. The second-order valence-corrected chi connectivity index (χ2v) is 10.0. The van der Waals surface area contributed by atoms with E-state index < -0.39 is 9.84 Å². The third kappa shape index (κ3) is 5.26. The largest absolute Gasteiger partial charge is 0.326 e. The lowest BCUT2D eigenvalue weighted by Gasteiger charge is -2.12. The Hall–Kier alpha value is -3.58. The van der Waals surface area contributed by atoms with Crippen LogP contribution < -0.4 is 5.32 Å². The van der Waals surface area contributed by atoms with Gasteiger partial charge in [0.25, 0.3) is 0 Å². The van der Waals surface area contributed by atoms with Crippen molar-refractivity contribution >= 4 is 32.5 Å². The molecule has 0 bridgehead atoms. The van der Waals surface area contributed by atoms with Crippen LogP contribution in [0.2, 0.25) is 0 Å². The third-order valence-electron chi connectivity index (χ3n) is 5.49. The fourth-order valence-electron chi connectivity index (χ4n) is 3.56. The fraction of sp³-hybridized carbons (Fsp3) is 0.192. The molecule has 0 saturated carbocycles. The van der Waals surface area contributed by atoms with E-state index in [1.54, 1.807) is 30.5 Å². The SMILES string of the molecule is CCc1ccc(-c2cnc3ccccc3n2)cc1NC(=O)CCS(=O)(=O)c1ccc(C)cc1. The summed E-state index contributed by atoms with van der Waals surface area (Å²) in [4.78, 5) is 22.0. The molecule has 1 heterocycles. The number of aromatic nitrogens is 2. The molecule has 0 aliphatic rings. The molecule has 0 atom stereocenters. The van der Waals surface area contributed by atoms with Crippen molar-refractivity contribution in [3.05, 3.63) is 84.1 Å². The highest BCUT2D eigenvalue weighted by molar-refractivity contribution is 7.91. The number of para-hydroxylation sites is 2. The third-order valence-corrected chi connectivity index (χ3v) is 7.22. The molecule has 33 heavy (non-hydrogen) atoms. The number of sulfone groups is 1. The maximum absolute atomic E-state index is 12.6. The van der Waals surface area contributed by atoms with E-state index >= 15 is 0 Å². The minimum absolute atomic E-state index is 0.126. The summed E-state index contributed by atoms with van der Waals surface area (Å²) in [6.45, 7) is 3.90. The Balaban J connectivity index is 1.51. The van der Waals surface area contributed by atoms with E-state index in [1.165, 1.54) is 0 Å². The van der Waals surface area contributed by atoms with Crippen LogP contribution in [0.1, 0.15) is 24.5 Å². The summed E-state index contributed by atoms with van der Waals surface area (Å²) < 4.78 is 25.1. The van der Waals surface area contributed by atoms with E-state index in [2.05, 4.69) is 15.3 Å². The van der Waals surface area contributed by atoms with Gasteiger partial charge in [0.05, 0.1) is 33.6 Å². The molecule has 0 unspecified atom stereocenters. The zero-order valence-electron chi connectivity index (χ0n) is 18.6. The topological polar surface area (TPSA) is 89.0 Å². The van der Waals surface area contributed by atoms with Gasteiger partial charge in [0.15, 0.2) is 9.84 Å². The van der Waals surface area contributed by atoms with E-state index in [9.17, 15) is 13.2 Å². The molecule has 0 saturated heterocycles. The van der Waals surface area contributed by atoms with Crippen LogP contribution in [0.15, 0.2) is 77.8 Å². The van der Waals surface area contributed by atoms with Gasteiger partial charge < -0.3 is 5.32 Å². The number of benzene rings is 3. The lowest BCUT2D eigenvalue weighted by molar-refractivity contribution is -0.115. The van der Waals surface area contributed by atoms with E-state index in [4.69, 9.17) is 0 Å². The number of carbonyl (C=O) groups is 1. The summed E-state index contributed by atoms with van der Waals surface area (Å²) in [5.41, 5.74) is 5.73. The molecule has 168 valence electrons. The van der Waals surface area contributed by atoms with Crippen molar-refractivity contribution in [1.29, 1.82) is 0 Å². The molecule has 0 fully saturated rings. The Kier molecular flexibility index (Phi) is 6.51. The monoisotopic (exact) mass is 459 g/mol. The molecule has 0 aliphatic heterocycles. The van der Waals surface area contributed by atoms with Crippen molar-refractivity contribution < 1.29 is 13.2 Å². The molecule has 1 N–H and O–H groups in total. The van der Waals surface area contributed by atoms with Gasteiger partial charge in [-0.15, -0.1) is 0 Å². The predicted octanol–water partition coefficient (Wildman–Crippen LogP) is 4.97. The first-order valence-corrected chi connectivity index (χ1v) is 12.5. The molecule has 0 spiro atoms. The van der Waals surface area contributed by atoms with Crippen molar-refractivity contribution in [2.75, 3.05) is 11.1 Å². The summed E-state index contributed by atoms with van der Waals surface area (Å²) >= 11 is 0. The molecule has 0 aliphatic carbocycles. The van der Waals surface area contributed by atoms with Crippen molar-refractivity contribution in [3.63, 3.8) is 0 Å². The first kappa shape index (κ1) is 22.6. The minimum Gasteiger partial charge on any atom is -0.326 e. The number of hydrogen-bond donors (Lipinski definition) is 1. The molecule has 1 aromatic heterocycles. The number of carbonyl (C=O) groups excluding carboxylic acids is 1. The van der Waals surface area contributed by atoms with Gasteiger partial charge in [0, 0.05) is 17.7 Å². The van der Waals surface area contributed by atoms with Crippen molar-refractivity contribution in [2.45, 2.75) is 31.6 Å². The molecule has 0 radical (unpaired) electrons. The summed E-state index contributed by atoms with van der Waals surface area (Å²) in [5, 5.41) is 2.89. The lowest BCUT2D eigenvalue weighted by atomic mass is 10.0. The van der Waals surface area contributed by atoms with Gasteiger partial charge in [-0.3, -0.25) is 9.78 Å². The average molecular weight is 460 g/mol. The van der Waals surface area contributed by atoms with Crippen LogP contribution in [0.3, 0.4) is 0 Å². The molecule has 7 heteroatoms. The number of anilines is 1. The van der Waals surface area contributed by atoms with E-state index in [1.807, 2.05) is 56.3 Å². The number of fused-ring (bicyclic) bond motifs is 1. The van der Waals surface area contributed by atoms with Gasteiger partial charge in [-0.2, -0.15) is 0 Å². The molecule has 6 nitrogen and oxygen atoms in total. The van der Waals surface area contributed by atoms with Crippen LogP contribution in [0.4, 0.5) is 5.69 Å². The predicted molar refractivity (Wildman–Crippen MR) is 131 cm³/mol. The van der Waals surface area contributed by atoms with Crippen LogP contribution in [0.5, 0.6) is 0 Å². The molecule has 1 amide bonds. The summed E-state index contributed by atoms with van der Waals surface area (Å²) in [5.74, 6) is -0.596. The van der Waals surface area contributed by atoms with Crippen LogP contribution in [-0.2, 0) is 21.1 Å². The van der Waals surface area contributed by atoms with Gasteiger partial charge in [0.1, 0.15) is 0 Å². The van der Waals surface area contributed by atoms with Crippen molar-refractivity contribution in [1.82, 2.24) is 9.97 Å². The molecule has 4 rings (SSSR count). The maximum atomic E-state index is 12.6. The van der Waals surface area contributed by atoms with Crippen LogP contribution in [0, 0.1) is 6.92 Å². The Morgan fingerprint density at radius 3 is 2.42 bits per heavy atom. The van der Waals surface area contributed by atoms with Crippen molar-refractivity contribution in [3.8, 4) is 11.3 Å². The zero-order chi connectivity index (χ0) is 23.4. The van der Waals surface area contributed by atoms with Crippen LogP contribution >= 0.6 is 0 Å². The van der Waals surface area contributed by atoms with Crippen molar-refractivity contribution in [2.24, 2.45) is 0 Å². The van der Waals surface area contributed by atoms with Gasteiger partial charge in [0.2, 0.25) is 5.91 Å². The van der Waals surface area contributed by atoms with Crippen LogP contribution in [-0.4, -0.2) is 30.0 Å². The Labute approximate surface area is 193 Å². The molecule has 3 aromatic carbocycles. The Morgan fingerprint density at radius 2 is 1.70 bits per heavy atom. The number of aryl methyl sites for hydroxylation is 2. The summed E-state index contributed by atoms with van der Waals surface area (Å²) in [7, 11) is -3.53. The molecular formula is C26H25N3O3S. The van der Waals surface area contributed by atoms with Gasteiger partial charge >= 0.3 is 0 Å². The zero-order valence-corrected chi connectivity index (χ0v) is 19.4. The van der Waals surface area contributed by atoms with E-state index in [0.29, 0.717) is 11.4 Å². The summed E-state index contributed by atoms with van der Waals surface area (Å²) in [6.07, 6.45) is 2.31. The van der Waals surface area contributed by atoms with Gasteiger partial charge in [-0.1, -0.05) is 48.9 Å². The van der Waals surface area contributed by atoms with E-state index in [0.717, 1.165) is 34.1 Å². The first-order chi connectivity index (χ1) is 15.9. The Morgan fingerprint density at radius 1 is 0.970 bits per heavy atom. The highest BCUT2D eigenvalue weighted by Crippen LogP contribution is 2.26. The van der Waals surface area contributed by atoms with Gasteiger partial charge in [-0.25, -0.2) is 13.4 Å². The second kappa shape index (κ2) is 9.50. The number of rotatable bonds is 7. The highest BCUT2D eigenvalue weighted by atomic mass is 32.2.